The molecule has 0 saturated carbocycles. The Bertz CT molecular complexity index is 121. The molecule has 1 fully saturated rings. The van der Waals surface area contributed by atoms with Crippen LogP contribution in [-0.4, -0.2) is 43.6 Å². The van der Waals surface area contributed by atoms with E-state index in [1.54, 1.807) is 7.11 Å². The molecule has 1 atom stereocenters. The molecule has 1 saturated heterocycles. The van der Waals surface area contributed by atoms with Gasteiger partial charge in [0.05, 0.1) is 6.10 Å². The molecule has 3 heteroatoms. The van der Waals surface area contributed by atoms with Gasteiger partial charge < -0.3 is 9.64 Å². The Morgan fingerprint density at radius 3 is 3.08 bits per heavy atom. The molecule has 1 aliphatic rings. The van der Waals surface area contributed by atoms with Gasteiger partial charge in [0.2, 0.25) is 0 Å². The smallest absolute Gasteiger partial charge is 0.0698 e. The van der Waals surface area contributed by atoms with Gasteiger partial charge in [-0.2, -0.15) is 0 Å². The number of hydrogen-bond donors (Lipinski definition) is 0. The summed E-state index contributed by atoms with van der Waals surface area (Å²) in [4.78, 5) is 2.44. The monoisotopic (exact) mass is 191 g/mol. The fraction of sp³-hybridized carbons (Fsp3) is 1.00. The van der Waals surface area contributed by atoms with Crippen molar-refractivity contribution in [3.63, 3.8) is 0 Å². The molecule has 0 spiro atoms. The highest BCUT2D eigenvalue weighted by atomic mass is 35.5. The Hall–Kier alpha value is 0.210. The van der Waals surface area contributed by atoms with Crippen LogP contribution in [0.4, 0.5) is 0 Å². The van der Waals surface area contributed by atoms with Crippen LogP contribution in [0.25, 0.3) is 0 Å². The van der Waals surface area contributed by atoms with Crippen LogP contribution in [0.5, 0.6) is 0 Å². The molecule has 2 nitrogen and oxygen atoms in total. The number of ether oxygens (including phenoxy) is 1. The number of nitrogens with zero attached hydrogens (tertiary/aromatic N) is 1. The van der Waals surface area contributed by atoms with Gasteiger partial charge in [-0.25, -0.2) is 0 Å². The van der Waals surface area contributed by atoms with Crippen molar-refractivity contribution in [3.8, 4) is 0 Å². The first-order valence-electron chi connectivity index (χ1n) is 4.68. The summed E-state index contributed by atoms with van der Waals surface area (Å²) in [5, 5.41) is 0. The van der Waals surface area contributed by atoms with Gasteiger partial charge >= 0.3 is 0 Å². The fourth-order valence-corrected chi connectivity index (χ4v) is 1.81. The Morgan fingerprint density at radius 2 is 2.42 bits per heavy atom. The van der Waals surface area contributed by atoms with Crippen molar-refractivity contribution in [2.24, 2.45) is 0 Å². The number of methoxy groups -OCH3 is 1. The first kappa shape index (κ1) is 10.3. The average Bonchev–Trinajstić information content (AvgIpc) is 2.15. The van der Waals surface area contributed by atoms with E-state index in [1.165, 1.54) is 19.4 Å². The van der Waals surface area contributed by atoms with Crippen molar-refractivity contribution < 1.29 is 4.74 Å². The second-order valence-corrected chi connectivity index (χ2v) is 3.72. The summed E-state index contributed by atoms with van der Waals surface area (Å²) >= 11 is 5.63. The number of alkyl halides is 1. The van der Waals surface area contributed by atoms with Crippen molar-refractivity contribution in [2.75, 3.05) is 32.6 Å². The Morgan fingerprint density at radius 1 is 1.58 bits per heavy atom. The summed E-state index contributed by atoms with van der Waals surface area (Å²) in [5.74, 6) is 0.772. The minimum Gasteiger partial charge on any atom is -0.380 e. The fourth-order valence-electron chi connectivity index (χ4n) is 1.69. The van der Waals surface area contributed by atoms with Gasteiger partial charge in [0.1, 0.15) is 0 Å². The summed E-state index contributed by atoms with van der Waals surface area (Å²) in [6.45, 7) is 3.44. The summed E-state index contributed by atoms with van der Waals surface area (Å²) < 4.78 is 5.33. The van der Waals surface area contributed by atoms with Crippen LogP contribution in [0.1, 0.15) is 19.3 Å². The van der Waals surface area contributed by atoms with Crippen LogP contribution in [-0.2, 0) is 4.74 Å². The van der Waals surface area contributed by atoms with Crippen molar-refractivity contribution in [1.82, 2.24) is 4.90 Å². The number of hydrogen-bond acceptors (Lipinski definition) is 2. The van der Waals surface area contributed by atoms with Gasteiger partial charge in [-0.15, -0.1) is 11.6 Å². The van der Waals surface area contributed by atoms with E-state index in [2.05, 4.69) is 4.90 Å². The largest absolute Gasteiger partial charge is 0.380 e. The van der Waals surface area contributed by atoms with Gasteiger partial charge in [-0.3, -0.25) is 0 Å². The third-order valence-corrected chi connectivity index (χ3v) is 2.67. The molecule has 0 aromatic carbocycles. The maximum Gasteiger partial charge on any atom is 0.0698 e. The summed E-state index contributed by atoms with van der Waals surface area (Å²) in [5.41, 5.74) is 0. The highest BCUT2D eigenvalue weighted by Gasteiger charge is 2.18. The average molecular weight is 192 g/mol. The lowest BCUT2D eigenvalue weighted by molar-refractivity contribution is 0.0316. The number of likely N-dealkylation sites (tertiary alicyclic amines) is 1. The SMILES string of the molecule is COC1CCCN(CCCCl)C1. The van der Waals surface area contributed by atoms with E-state index < -0.39 is 0 Å². The topological polar surface area (TPSA) is 12.5 Å². The van der Waals surface area contributed by atoms with Gasteiger partial charge in [0, 0.05) is 19.5 Å². The molecule has 0 aliphatic carbocycles. The molecular formula is C9H18ClNO. The van der Waals surface area contributed by atoms with Crippen LogP contribution in [0, 0.1) is 0 Å². The van der Waals surface area contributed by atoms with E-state index in [-0.39, 0.29) is 0 Å². The van der Waals surface area contributed by atoms with E-state index in [0.29, 0.717) is 6.10 Å². The van der Waals surface area contributed by atoms with Crippen molar-refractivity contribution in [3.05, 3.63) is 0 Å². The van der Waals surface area contributed by atoms with Crippen molar-refractivity contribution >= 4 is 11.6 Å². The van der Waals surface area contributed by atoms with E-state index >= 15 is 0 Å². The van der Waals surface area contributed by atoms with Crippen LogP contribution in [0.15, 0.2) is 0 Å². The normalized spacial score (nSPS) is 26.0. The molecule has 1 unspecified atom stereocenters. The zero-order valence-corrected chi connectivity index (χ0v) is 8.52. The minimum absolute atomic E-state index is 0.453. The number of halogens is 1. The van der Waals surface area contributed by atoms with Crippen LogP contribution in [0.3, 0.4) is 0 Å². The molecule has 1 heterocycles. The minimum atomic E-state index is 0.453. The summed E-state index contributed by atoms with van der Waals surface area (Å²) in [6, 6.07) is 0. The molecule has 1 rings (SSSR count). The van der Waals surface area contributed by atoms with Gasteiger partial charge in [0.25, 0.3) is 0 Å². The third-order valence-electron chi connectivity index (χ3n) is 2.40. The van der Waals surface area contributed by atoms with E-state index in [4.69, 9.17) is 16.3 Å². The predicted octanol–water partition coefficient (Wildman–Crippen LogP) is 1.73. The van der Waals surface area contributed by atoms with Crippen LogP contribution < -0.4 is 0 Å². The molecule has 0 bridgehead atoms. The molecule has 0 aromatic rings. The van der Waals surface area contributed by atoms with Gasteiger partial charge in [-0.1, -0.05) is 0 Å². The Balaban J connectivity index is 2.16. The second-order valence-electron chi connectivity index (χ2n) is 3.34. The first-order valence-corrected chi connectivity index (χ1v) is 5.21. The van der Waals surface area contributed by atoms with Gasteiger partial charge in [-0.05, 0) is 32.4 Å². The Kier molecular flexibility index (Phi) is 4.96. The molecule has 0 amide bonds. The lowest BCUT2D eigenvalue weighted by Crippen LogP contribution is -2.39. The zero-order chi connectivity index (χ0) is 8.81. The standard InChI is InChI=1S/C9H18ClNO/c1-12-9-4-2-6-11(8-9)7-3-5-10/h9H,2-8H2,1H3. The first-order chi connectivity index (χ1) is 5.86. The predicted molar refractivity (Wildman–Crippen MR) is 51.8 cm³/mol. The third kappa shape index (κ3) is 3.30. The van der Waals surface area contributed by atoms with Crippen LogP contribution >= 0.6 is 11.6 Å². The van der Waals surface area contributed by atoms with E-state index in [9.17, 15) is 0 Å². The molecule has 0 N–H and O–H groups in total. The molecule has 12 heavy (non-hydrogen) atoms. The number of piperidine rings is 1. The number of rotatable bonds is 4. The second kappa shape index (κ2) is 5.79. The highest BCUT2D eigenvalue weighted by Crippen LogP contribution is 2.12. The van der Waals surface area contributed by atoms with Crippen LogP contribution in [0.2, 0.25) is 0 Å². The Labute approximate surface area is 79.8 Å². The van der Waals surface area contributed by atoms with Crippen molar-refractivity contribution in [1.29, 1.82) is 0 Å². The zero-order valence-electron chi connectivity index (χ0n) is 7.76. The molecule has 1 aliphatic heterocycles. The summed E-state index contributed by atoms with van der Waals surface area (Å²) in [7, 11) is 1.80. The maximum absolute atomic E-state index is 5.63. The van der Waals surface area contributed by atoms with Crippen molar-refractivity contribution in [2.45, 2.75) is 25.4 Å². The van der Waals surface area contributed by atoms with E-state index in [1.807, 2.05) is 0 Å². The quantitative estimate of drug-likeness (QED) is 0.628. The molecule has 0 aromatic heterocycles. The molecular weight excluding hydrogens is 174 g/mol. The molecule has 72 valence electrons. The molecule has 0 radical (unpaired) electrons. The van der Waals surface area contributed by atoms with Gasteiger partial charge in [0.15, 0.2) is 0 Å². The van der Waals surface area contributed by atoms with E-state index in [0.717, 1.165) is 25.4 Å². The lowest BCUT2D eigenvalue weighted by Gasteiger charge is -2.31. The lowest BCUT2D eigenvalue weighted by atomic mass is 10.1. The highest BCUT2D eigenvalue weighted by molar-refractivity contribution is 6.17. The summed E-state index contributed by atoms with van der Waals surface area (Å²) in [6.07, 6.45) is 4.03. The maximum atomic E-state index is 5.63.